The summed E-state index contributed by atoms with van der Waals surface area (Å²) in [5, 5.41) is 11.3. The first-order valence-corrected chi connectivity index (χ1v) is 11.7. The van der Waals surface area contributed by atoms with Gasteiger partial charge >= 0.3 is 0 Å². The van der Waals surface area contributed by atoms with Crippen molar-refractivity contribution >= 4 is 23.1 Å². The maximum atomic E-state index is 14.0. The third-order valence-electron chi connectivity index (χ3n) is 6.25. The number of nitrogens with zero attached hydrogens (tertiary/aromatic N) is 1. The van der Waals surface area contributed by atoms with Gasteiger partial charge in [-0.15, -0.1) is 0 Å². The first kappa shape index (κ1) is 24.1. The van der Waals surface area contributed by atoms with Crippen LogP contribution >= 0.6 is 0 Å². The van der Waals surface area contributed by atoms with Crippen molar-refractivity contribution in [3.05, 3.63) is 125 Å². The number of rotatable bonds is 6. The molecule has 4 aromatic rings. The maximum absolute atomic E-state index is 14.0. The van der Waals surface area contributed by atoms with Crippen LogP contribution in [0.4, 0.5) is 10.1 Å². The Hall–Kier alpha value is -4.65. The summed E-state index contributed by atoms with van der Waals surface area (Å²) in [6.07, 6.45) is 0. The van der Waals surface area contributed by atoms with Gasteiger partial charge in [0.15, 0.2) is 0 Å². The van der Waals surface area contributed by atoms with Crippen LogP contribution in [-0.2, 0) is 16.2 Å². The number of benzene rings is 3. The van der Waals surface area contributed by atoms with Gasteiger partial charge in [-0.2, -0.15) is 0 Å². The normalized spacial score (nSPS) is 16.8. The minimum atomic E-state index is -1.06. The van der Waals surface area contributed by atoms with Crippen LogP contribution in [0.5, 0.6) is 5.75 Å². The van der Waals surface area contributed by atoms with Crippen molar-refractivity contribution in [3.8, 4) is 5.75 Å². The maximum Gasteiger partial charge on any atom is 0.300 e. The van der Waals surface area contributed by atoms with Gasteiger partial charge in [0.1, 0.15) is 41.5 Å². The number of furan rings is 1. The molecule has 1 aliphatic rings. The highest BCUT2D eigenvalue weighted by Crippen LogP contribution is 2.43. The first-order chi connectivity index (χ1) is 17.8. The SMILES string of the molecule is Cc1ccc(C2/C(=C(/O)c3ccc(OCc4ccccc4)c(C)c3)C(=O)C(=O)N2c2cccc(F)c2)o1. The number of carbonyl (C=O) groups is 2. The van der Waals surface area contributed by atoms with E-state index in [1.165, 1.54) is 18.2 Å². The van der Waals surface area contributed by atoms with E-state index in [1.807, 2.05) is 37.3 Å². The average Bonchev–Trinajstić information content (AvgIpc) is 3.43. The molecule has 1 saturated heterocycles. The molecule has 0 radical (unpaired) electrons. The number of hydrogen-bond acceptors (Lipinski definition) is 5. The number of halogens is 1. The lowest BCUT2D eigenvalue weighted by atomic mass is 9.98. The van der Waals surface area contributed by atoms with E-state index in [-0.39, 0.29) is 22.8 Å². The molecule has 0 saturated carbocycles. The molecule has 2 heterocycles. The van der Waals surface area contributed by atoms with Crippen molar-refractivity contribution in [2.45, 2.75) is 26.5 Å². The summed E-state index contributed by atoms with van der Waals surface area (Å²) in [5.74, 6) is -1.21. The summed E-state index contributed by atoms with van der Waals surface area (Å²) in [6.45, 7) is 3.94. The minimum absolute atomic E-state index is 0.138. The molecule has 1 aromatic heterocycles. The number of amides is 1. The lowest BCUT2D eigenvalue weighted by Gasteiger charge is -2.23. The van der Waals surface area contributed by atoms with Crippen molar-refractivity contribution in [1.82, 2.24) is 0 Å². The Morgan fingerprint density at radius 2 is 1.76 bits per heavy atom. The van der Waals surface area contributed by atoms with Crippen LogP contribution < -0.4 is 9.64 Å². The van der Waals surface area contributed by atoms with E-state index in [4.69, 9.17) is 9.15 Å². The van der Waals surface area contributed by atoms with Crippen LogP contribution in [0.1, 0.15) is 34.3 Å². The average molecular weight is 498 g/mol. The first-order valence-electron chi connectivity index (χ1n) is 11.7. The molecule has 1 aliphatic heterocycles. The summed E-state index contributed by atoms with van der Waals surface area (Å²) in [5.41, 5.74) is 2.14. The van der Waals surface area contributed by atoms with Crippen molar-refractivity contribution in [2.75, 3.05) is 4.90 Å². The molecule has 6 nitrogen and oxygen atoms in total. The number of ether oxygens (including phenoxy) is 1. The van der Waals surface area contributed by atoms with Gasteiger partial charge in [0.2, 0.25) is 0 Å². The number of aliphatic hydroxyl groups is 1. The number of anilines is 1. The fourth-order valence-corrected chi connectivity index (χ4v) is 4.44. The van der Waals surface area contributed by atoms with Gasteiger partial charge in [-0.3, -0.25) is 14.5 Å². The molecule has 0 aliphatic carbocycles. The van der Waals surface area contributed by atoms with Crippen LogP contribution in [-0.4, -0.2) is 16.8 Å². The Labute approximate surface area is 213 Å². The molecular formula is C30H24FNO5. The van der Waals surface area contributed by atoms with E-state index < -0.39 is 23.5 Å². The Morgan fingerprint density at radius 1 is 0.973 bits per heavy atom. The van der Waals surface area contributed by atoms with Gasteiger partial charge in [-0.25, -0.2) is 4.39 Å². The predicted molar refractivity (Wildman–Crippen MR) is 137 cm³/mol. The highest BCUT2D eigenvalue weighted by Gasteiger charge is 2.48. The van der Waals surface area contributed by atoms with Crippen LogP contribution in [0.15, 0.2) is 94.9 Å². The fourth-order valence-electron chi connectivity index (χ4n) is 4.44. The molecule has 0 bridgehead atoms. The standard InChI is InChI=1S/C30H24FNO5/c1-18-15-21(12-14-24(18)36-17-20-7-4-3-5-8-20)28(33)26-27(25-13-11-19(2)37-25)32(30(35)29(26)34)23-10-6-9-22(31)16-23/h3-16,27,33H,17H2,1-2H3/b28-26-. The van der Waals surface area contributed by atoms with Crippen molar-refractivity contribution in [2.24, 2.45) is 0 Å². The number of aliphatic hydroxyl groups excluding tert-OH is 1. The molecule has 1 atom stereocenters. The molecule has 3 aromatic carbocycles. The van der Waals surface area contributed by atoms with E-state index in [1.54, 1.807) is 37.3 Å². The Bertz CT molecular complexity index is 1520. The number of aryl methyl sites for hydroxylation is 2. The quantitative estimate of drug-likeness (QED) is 0.194. The third kappa shape index (κ3) is 4.63. The van der Waals surface area contributed by atoms with Crippen LogP contribution in [0.25, 0.3) is 5.76 Å². The zero-order valence-electron chi connectivity index (χ0n) is 20.3. The van der Waals surface area contributed by atoms with E-state index in [9.17, 15) is 19.1 Å². The molecule has 37 heavy (non-hydrogen) atoms. The Kier molecular flexibility index (Phi) is 6.36. The summed E-state index contributed by atoms with van der Waals surface area (Å²) in [7, 11) is 0. The van der Waals surface area contributed by atoms with Gasteiger partial charge in [0, 0.05) is 11.3 Å². The smallest absolute Gasteiger partial charge is 0.300 e. The number of Topliss-reactive ketones (excluding diaryl/α,β-unsaturated/α-hetero) is 1. The molecular weight excluding hydrogens is 473 g/mol. The summed E-state index contributed by atoms with van der Waals surface area (Å²) < 4.78 is 25.7. The molecule has 186 valence electrons. The van der Waals surface area contributed by atoms with Gasteiger partial charge in [-0.05, 0) is 73.5 Å². The predicted octanol–water partition coefficient (Wildman–Crippen LogP) is 6.24. The molecule has 1 amide bonds. The lowest BCUT2D eigenvalue weighted by Crippen LogP contribution is -2.29. The Balaban J connectivity index is 1.55. The monoisotopic (exact) mass is 497 g/mol. The zero-order valence-corrected chi connectivity index (χ0v) is 20.3. The Morgan fingerprint density at radius 3 is 2.43 bits per heavy atom. The second-order valence-electron chi connectivity index (χ2n) is 8.85. The molecule has 1 unspecified atom stereocenters. The van der Waals surface area contributed by atoms with Gasteiger partial charge < -0.3 is 14.3 Å². The third-order valence-corrected chi connectivity index (χ3v) is 6.25. The van der Waals surface area contributed by atoms with Gasteiger partial charge in [0.25, 0.3) is 11.7 Å². The second-order valence-corrected chi connectivity index (χ2v) is 8.85. The highest BCUT2D eigenvalue weighted by atomic mass is 19.1. The van der Waals surface area contributed by atoms with E-state index in [0.717, 1.165) is 22.1 Å². The van der Waals surface area contributed by atoms with Crippen molar-refractivity contribution in [1.29, 1.82) is 0 Å². The largest absolute Gasteiger partial charge is 0.507 e. The lowest BCUT2D eigenvalue weighted by molar-refractivity contribution is -0.132. The van der Waals surface area contributed by atoms with Crippen LogP contribution in [0.3, 0.4) is 0 Å². The van der Waals surface area contributed by atoms with E-state index >= 15 is 0 Å². The number of carbonyl (C=O) groups excluding carboxylic acids is 2. The molecule has 0 spiro atoms. The molecule has 1 N–H and O–H groups in total. The fraction of sp³-hybridized carbons (Fsp3) is 0.133. The van der Waals surface area contributed by atoms with Crippen molar-refractivity contribution in [3.63, 3.8) is 0 Å². The van der Waals surface area contributed by atoms with Crippen LogP contribution in [0.2, 0.25) is 0 Å². The van der Waals surface area contributed by atoms with Gasteiger partial charge in [0.05, 0.1) is 5.57 Å². The van der Waals surface area contributed by atoms with Crippen molar-refractivity contribution < 1.29 is 28.2 Å². The summed E-state index contributed by atoms with van der Waals surface area (Å²) in [6, 6.07) is 22.4. The highest BCUT2D eigenvalue weighted by molar-refractivity contribution is 6.51. The minimum Gasteiger partial charge on any atom is -0.507 e. The second kappa shape index (κ2) is 9.78. The zero-order chi connectivity index (χ0) is 26.1. The van der Waals surface area contributed by atoms with Crippen LogP contribution in [0, 0.1) is 19.7 Å². The number of ketones is 1. The summed E-state index contributed by atoms with van der Waals surface area (Å²) >= 11 is 0. The van der Waals surface area contributed by atoms with E-state index in [0.29, 0.717) is 23.7 Å². The topological polar surface area (TPSA) is 80.0 Å². The van der Waals surface area contributed by atoms with Gasteiger partial charge in [-0.1, -0.05) is 36.4 Å². The summed E-state index contributed by atoms with van der Waals surface area (Å²) in [4.78, 5) is 27.5. The van der Waals surface area contributed by atoms with E-state index in [2.05, 4.69) is 0 Å². The number of hydrogen-bond donors (Lipinski definition) is 1. The molecule has 5 rings (SSSR count). The molecule has 7 heteroatoms. The molecule has 1 fully saturated rings.